The van der Waals surface area contributed by atoms with Crippen LogP contribution in [0.5, 0.6) is 0 Å². The third-order valence-electron chi connectivity index (χ3n) is 7.03. The van der Waals surface area contributed by atoms with Crippen LogP contribution in [0, 0.1) is 11.6 Å². The number of H-pyrrole nitrogens is 1. The summed E-state index contributed by atoms with van der Waals surface area (Å²) in [6.45, 7) is 0. The van der Waals surface area contributed by atoms with E-state index in [1.807, 2.05) is 0 Å². The molecule has 0 fully saturated rings. The van der Waals surface area contributed by atoms with E-state index in [2.05, 4.69) is 15.3 Å². The number of pyridine rings is 2. The molecule has 2 N–H and O–H groups in total. The van der Waals surface area contributed by atoms with E-state index in [0.29, 0.717) is 5.56 Å². The van der Waals surface area contributed by atoms with Crippen LogP contribution in [-0.4, -0.2) is 33.0 Å². The molecule has 2 aromatic carbocycles. The van der Waals surface area contributed by atoms with Crippen molar-refractivity contribution in [1.29, 1.82) is 0 Å². The van der Waals surface area contributed by atoms with Crippen LogP contribution in [0.15, 0.2) is 77.9 Å². The SMILES string of the molecule is Cn1cc(CC(F)(F)F)c2[nH]c(-c3ccnc(NC(=O)C(CC(F)F)c4ccc(F)cc4)c3)c(-c3ccc(F)cc3)c2c1=O. The molecule has 0 aliphatic heterocycles. The van der Waals surface area contributed by atoms with Gasteiger partial charge in [0.25, 0.3) is 5.56 Å². The zero-order valence-electron chi connectivity index (χ0n) is 22.9. The number of nitrogens with zero attached hydrogens (tertiary/aromatic N) is 2. The topological polar surface area (TPSA) is 79.8 Å². The van der Waals surface area contributed by atoms with Gasteiger partial charge in [-0.3, -0.25) is 9.59 Å². The summed E-state index contributed by atoms with van der Waals surface area (Å²) in [7, 11) is 1.32. The van der Waals surface area contributed by atoms with Crippen molar-refractivity contribution < 1.29 is 35.5 Å². The van der Waals surface area contributed by atoms with Crippen LogP contribution in [0.2, 0.25) is 0 Å². The van der Waals surface area contributed by atoms with E-state index < -0.39 is 54.5 Å². The molecule has 1 atom stereocenters. The highest BCUT2D eigenvalue weighted by Gasteiger charge is 2.31. The van der Waals surface area contributed by atoms with Gasteiger partial charge in [-0.1, -0.05) is 24.3 Å². The van der Waals surface area contributed by atoms with Gasteiger partial charge in [0.1, 0.15) is 17.5 Å². The first-order chi connectivity index (χ1) is 20.8. The average molecular weight is 617 g/mol. The lowest BCUT2D eigenvalue weighted by Crippen LogP contribution is -2.23. The van der Waals surface area contributed by atoms with Crippen LogP contribution < -0.4 is 10.9 Å². The van der Waals surface area contributed by atoms with E-state index in [0.717, 1.165) is 35.0 Å². The summed E-state index contributed by atoms with van der Waals surface area (Å²) < 4.78 is 95.5. The fourth-order valence-corrected chi connectivity index (χ4v) is 5.10. The van der Waals surface area contributed by atoms with E-state index in [9.17, 15) is 40.3 Å². The minimum atomic E-state index is -4.60. The number of rotatable bonds is 8. The van der Waals surface area contributed by atoms with Gasteiger partial charge in [-0.15, -0.1) is 0 Å². The Labute approximate surface area is 245 Å². The Bertz CT molecular complexity index is 1880. The lowest BCUT2D eigenvalue weighted by molar-refractivity contribution is -0.127. The number of fused-ring (bicyclic) bond motifs is 1. The van der Waals surface area contributed by atoms with E-state index in [1.165, 1.54) is 49.6 Å². The number of hydrogen-bond donors (Lipinski definition) is 2. The van der Waals surface area contributed by atoms with Gasteiger partial charge in [0.05, 0.1) is 28.9 Å². The predicted octanol–water partition coefficient (Wildman–Crippen LogP) is 7.36. The molecule has 13 heteroatoms. The first kappa shape index (κ1) is 30.5. The maximum absolute atomic E-state index is 13.8. The normalized spacial score (nSPS) is 12.6. The van der Waals surface area contributed by atoms with Crippen LogP contribution in [0.25, 0.3) is 33.3 Å². The summed E-state index contributed by atoms with van der Waals surface area (Å²) >= 11 is 0. The molecule has 1 unspecified atom stereocenters. The predicted molar refractivity (Wildman–Crippen MR) is 150 cm³/mol. The smallest absolute Gasteiger partial charge is 0.354 e. The van der Waals surface area contributed by atoms with Gasteiger partial charge in [-0.25, -0.2) is 22.5 Å². The largest absolute Gasteiger partial charge is 0.393 e. The van der Waals surface area contributed by atoms with Crippen molar-refractivity contribution in [3.05, 3.63) is 106 Å². The van der Waals surface area contributed by atoms with Crippen molar-refractivity contribution in [2.75, 3.05) is 5.32 Å². The Morgan fingerprint density at radius 2 is 1.61 bits per heavy atom. The Kier molecular flexibility index (Phi) is 8.31. The number of amides is 1. The van der Waals surface area contributed by atoms with Crippen molar-refractivity contribution in [3.8, 4) is 22.4 Å². The number of benzene rings is 2. The molecular formula is C31H23F7N4O2. The van der Waals surface area contributed by atoms with Gasteiger partial charge in [0.2, 0.25) is 12.3 Å². The molecule has 5 aromatic rings. The number of carbonyl (C=O) groups excluding carboxylic acids is 1. The number of aromatic nitrogens is 3. The number of anilines is 1. The molecule has 6 nitrogen and oxygen atoms in total. The Morgan fingerprint density at radius 1 is 0.977 bits per heavy atom. The third kappa shape index (κ3) is 6.51. The second-order valence-electron chi connectivity index (χ2n) is 10.1. The zero-order chi connectivity index (χ0) is 31.8. The molecule has 1 amide bonds. The van der Waals surface area contributed by atoms with Crippen LogP contribution >= 0.6 is 0 Å². The molecule has 0 spiro atoms. The standard InChI is InChI=1S/C31H23F7N4O2/c1-42-15-19(14-31(36,37)38)28-26(30(42)44)25(17-4-8-21(33)9-5-17)27(41-28)18-10-11-39-24(12-18)40-29(43)22(13-23(34)35)16-2-6-20(32)7-3-16/h2-12,15,22-23,41H,13-14H2,1H3,(H,39,40,43). The third-order valence-corrected chi connectivity index (χ3v) is 7.03. The number of hydrogen-bond acceptors (Lipinski definition) is 3. The number of aromatic amines is 1. The van der Waals surface area contributed by atoms with Crippen molar-refractivity contribution in [1.82, 2.24) is 14.5 Å². The summed E-state index contributed by atoms with van der Waals surface area (Å²) in [4.78, 5) is 33.5. The Morgan fingerprint density at radius 3 is 2.23 bits per heavy atom. The lowest BCUT2D eigenvalue weighted by atomic mass is 9.95. The minimum absolute atomic E-state index is 0.0634. The van der Waals surface area contributed by atoms with E-state index in [1.54, 1.807) is 0 Å². The van der Waals surface area contributed by atoms with Gasteiger partial charge >= 0.3 is 6.18 Å². The quantitative estimate of drug-likeness (QED) is 0.179. The van der Waals surface area contributed by atoms with Crippen LogP contribution in [-0.2, 0) is 18.3 Å². The molecule has 44 heavy (non-hydrogen) atoms. The van der Waals surface area contributed by atoms with Crippen molar-refractivity contribution in [2.45, 2.75) is 31.4 Å². The average Bonchev–Trinajstić information content (AvgIpc) is 3.36. The van der Waals surface area contributed by atoms with Gasteiger partial charge < -0.3 is 14.9 Å². The highest BCUT2D eigenvalue weighted by Crippen LogP contribution is 2.39. The van der Waals surface area contributed by atoms with Gasteiger partial charge in [-0.05, 0) is 47.5 Å². The van der Waals surface area contributed by atoms with Crippen LogP contribution in [0.3, 0.4) is 0 Å². The highest BCUT2D eigenvalue weighted by molar-refractivity contribution is 6.05. The molecule has 228 valence electrons. The Balaban J connectivity index is 1.63. The van der Waals surface area contributed by atoms with Crippen LogP contribution in [0.4, 0.5) is 36.6 Å². The fourth-order valence-electron chi connectivity index (χ4n) is 5.10. The fraction of sp³-hybridized carbons (Fsp3) is 0.194. The number of halogens is 7. The lowest BCUT2D eigenvalue weighted by Gasteiger charge is -2.17. The maximum Gasteiger partial charge on any atom is 0.393 e. The van der Waals surface area contributed by atoms with Crippen molar-refractivity contribution >= 4 is 22.6 Å². The molecule has 0 saturated heterocycles. The van der Waals surface area contributed by atoms with E-state index >= 15 is 0 Å². The van der Waals surface area contributed by atoms with Crippen molar-refractivity contribution in [2.24, 2.45) is 7.05 Å². The molecule has 5 rings (SSSR count). The monoisotopic (exact) mass is 616 g/mol. The number of alkyl halides is 5. The maximum atomic E-state index is 13.8. The summed E-state index contributed by atoms with van der Waals surface area (Å²) in [6.07, 6.45) is -7.28. The molecule has 0 bridgehead atoms. The summed E-state index contributed by atoms with van der Waals surface area (Å²) in [5.74, 6) is -3.46. The van der Waals surface area contributed by atoms with Gasteiger partial charge in [0, 0.05) is 42.6 Å². The molecular weight excluding hydrogens is 593 g/mol. The molecule has 3 aromatic heterocycles. The number of carbonyl (C=O) groups is 1. The molecule has 0 aliphatic carbocycles. The summed E-state index contributed by atoms with van der Waals surface area (Å²) in [5.41, 5.74) is 0.236. The van der Waals surface area contributed by atoms with E-state index in [-0.39, 0.29) is 44.7 Å². The zero-order valence-corrected chi connectivity index (χ0v) is 22.9. The molecule has 0 aliphatic rings. The second kappa shape index (κ2) is 12.0. The van der Waals surface area contributed by atoms with Gasteiger partial charge in [0.15, 0.2) is 0 Å². The number of aryl methyl sites for hydroxylation is 1. The summed E-state index contributed by atoms with van der Waals surface area (Å²) in [5, 5.41) is 2.42. The number of nitrogens with one attached hydrogen (secondary N) is 2. The molecule has 0 saturated carbocycles. The first-order valence-corrected chi connectivity index (χ1v) is 13.2. The minimum Gasteiger partial charge on any atom is -0.354 e. The first-order valence-electron chi connectivity index (χ1n) is 13.2. The molecule has 0 radical (unpaired) electrons. The molecule has 3 heterocycles. The van der Waals surface area contributed by atoms with Crippen LogP contribution in [0.1, 0.15) is 23.5 Å². The summed E-state index contributed by atoms with van der Waals surface area (Å²) in [6, 6.07) is 12.4. The van der Waals surface area contributed by atoms with Crippen molar-refractivity contribution in [3.63, 3.8) is 0 Å². The highest BCUT2D eigenvalue weighted by atomic mass is 19.4. The Hall–Kier alpha value is -4.94. The van der Waals surface area contributed by atoms with E-state index in [4.69, 9.17) is 0 Å². The second-order valence-corrected chi connectivity index (χ2v) is 10.1. The van der Waals surface area contributed by atoms with Gasteiger partial charge in [-0.2, -0.15) is 13.2 Å².